The molecule has 0 unspecified atom stereocenters. The number of ether oxygens (including phenoxy) is 1. The molecule has 1 amide bonds. The molecule has 0 aromatic heterocycles. The fraction of sp³-hybridized carbons (Fsp3) is 0.357. The molecule has 0 aliphatic carbocycles. The van der Waals surface area contributed by atoms with Gasteiger partial charge < -0.3 is 10.1 Å². The number of carbonyl (C=O) groups is 1. The zero-order chi connectivity index (χ0) is 14.5. The molecular weight excluding hydrogens is 269 g/mol. The summed E-state index contributed by atoms with van der Waals surface area (Å²) >= 11 is 5.76. The number of hydrogen-bond acceptors (Lipinski definition) is 2. The van der Waals surface area contributed by atoms with Crippen LogP contribution < -0.4 is 5.32 Å². The van der Waals surface area contributed by atoms with Crippen LogP contribution in [0.4, 0.5) is 9.18 Å². The fourth-order valence-electron chi connectivity index (χ4n) is 1.35. The van der Waals surface area contributed by atoms with Crippen LogP contribution in [-0.4, -0.2) is 18.2 Å². The smallest absolute Gasteiger partial charge is 0.407 e. The number of benzene rings is 1. The van der Waals surface area contributed by atoms with Gasteiger partial charge in [-0.3, -0.25) is 0 Å². The van der Waals surface area contributed by atoms with E-state index in [2.05, 4.69) is 5.32 Å². The Morgan fingerprint density at radius 1 is 1.37 bits per heavy atom. The average molecular weight is 286 g/mol. The van der Waals surface area contributed by atoms with Crippen molar-refractivity contribution in [1.82, 2.24) is 5.32 Å². The summed E-state index contributed by atoms with van der Waals surface area (Å²) in [6.45, 7) is 5.33. The Hall–Kier alpha value is -1.55. The van der Waals surface area contributed by atoms with E-state index in [1.54, 1.807) is 45.0 Å². The molecule has 1 N–H and O–H groups in total. The molecule has 0 aliphatic heterocycles. The Morgan fingerprint density at radius 3 is 2.42 bits per heavy atom. The summed E-state index contributed by atoms with van der Waals surface area (Å²) in [7, 11) is 0. The largest absolute Gasteiger partial charge is 0.444 e. The molecule has 0 radical (unpaired) electrons. The van der Waals surface area contributed by atoms with Crippen molar-refractivity contribution in [3.63, 3.8) is 0 Å². The summed E-state index contributed by atoms with van der Waals surface area (Å²) in [6.07, 6.45) is -0.124. The quantitative estimate of drug-likeness (QED) is 0.905. The Kier molecular flexibility index (Phi) is 5.36. The van der Waals surface area contributed by atoms with Crippen molar-refractivity contribution in [3.05, 3.63) is 41.2 Å². The normalized spacial score (nSPS) is 12.2. The minimum atomic E-state index is -0.583. The number of alkyl carbamates (subject to hydrolysis) is 1. The van der Waals surface area contributed by atoms with Crippen LogP contribution in [0, 0.1) is 0 Å². The third-order valence-corrected chi connectivity index (χ3v) is 2.42. The second kappa shape index (κ2) is 6.57. The van der Waals surface area contributed by atoms with Crippen LogP contribution in [0.25, 0.3) is 5.57 Å². The number of carbonyl (C=O) groups excluding carboxylic acids is 1. The summed E-state index contributed by atoms with van der Waals surface area (Å²) in [6, 6.07) is 6.69. The van der Waals surface area contributed by atoms with Gasteiger partial charge in [-0.05, 0) is 38.5 Å². The highest BCUT2D eigenvalue weighted by Gasteiger charge is 2.16. The van der Waals surface area contributed by atoms with E-state index in [4.69, 9.17) is 16.3 Å². The second-order valence-corrected chi connectivity index (χ2v) is 5.43. The van der Waals surface area contributed by atoms with E-state index in [0.29, 0.717) is 22.5 Å². The molecule has 0 saturated carbocycles. The number of halogens is 2. The maximum absolute atomic E-state index is 12.8. The van der Waals surface area contributed by atoms with Crippen LogP contribution in [0.3, 0.4) is 0 Å². The van der Waals surface area contributed by atoms with Crippen molar-refractivity contribution >= 4 is 23.3 Å². The van der Waals surface area contributed by atoms with Crippen molar-refractivity contribution in [2.75, 3.05) is 6.54 Å². The minimum Gasteiger partial charge on any atom is -0.444 e. The highest BCUT2D eigenvalue weighted by molar-refractivity contribution is 6.30. The number of amides is 1. The molecule has 3 nitrogen and oxygen atoms in total. The van der Waals surface area contributed by atoms with Crippen molar-refractivity contribution in [2.24, 2.45) is 0 Å². The van der Waals surface area contributed by atoms with Gasteiger partial charge in [0.1, 0.15) is 5.60 Å². The van der Waals surface area contributed by atoms with Gasteiger partial charge in [0.2, 0.25) is 0 Å². The van der Waals surface area contributed by atoms with Gasteiger partial charge >= 0.3 is 6.09 Å². The van der Waals surface area contributed by atoms with Crippen LogP contribution in [0.5, 0.6) is 0 Å². The Labute approximate surface area is 117 Å². The van der Waals surface area contributed by atoms with Gasteiger partial charge in [-0.1, -0.05) is 23.7 Å². The van der Waals surface area contributed by atoms with Gasteiger partial charge in [0, 0.05) is 17.1 Å². The molecule has 0 fully saturated rings. The van der Waals surface area contributed by atoms with E-state index < -0.39 is 11.7 Å². The van der Waals surface area contributed by atoms with Crippen LogP contribution in [0.1, 0.15) is 26.3 Å². The topological polar surface area (TPSA) is 38.3 Å². The molecule has 1 rings (SSSR count). The molecule has 1 aromatic rings. The summed E-state index contributed by atoms with van der Waals surface area (Å²) in [5.74, 6) is 0. The number of hydrogen-bond donors (Lipinski definition) is 1. The van der Waals surface area contributed by atoms with Crippen molar-refractivity contribution < 1.29 is 13.9 Å². The van der Waals surface area contributed by atoms with Gasteiger partial charge in [-0.2, -0.15) is 0 Å². The number of nitrogens with one attached hydrogen (secondary N) is 1. The highest BCUT2D eigenvalue weighted by Crippen LogP contribution is 2.17. The Morgan fingerprint density at radius 2 is 1.95 bits per heavy atom. The molecule has 1 aromatic carbocycles. The maximum atomic E-state index is 12.8. The maximum Gasteiger partial charge on any atom is 0.407 e. The monoisotopic (exact) mass is 285 g/mol. The van der Waals surface area contributed by atoms with Gasteiger partial charge in [0.25, 0.3) is 0 Å². The van der Waals surface area contributed by atoms with Crippen LogP contribution in [0.2, 0.25) is 5.02 Å². The minimum absolute atomic E-state index is 0.0487. The van der Waals surface area contributed by atoms with Crippen LogP contribution in [0.15, 0.2) is 30.6 Å². The summed E-state index contributed by atoms with van der Waals surface area (Å²) < 4.78 is 17.9. The molecule has 0 heterocycles. The van der Waals surface area contributed by atoms with Crippen molar-refractivity contribution in [3.8, 4) is 0 Å². The first kappa shape index (κ1) is 15.5. The van der Waals surface area contributed by atoms with E-state index in [0.717, 1.165) is 0 Å². The first-order valence-corrected chi connectivity index (χ1v) is 6.21. The van der Waals surface area contributed by atoms with Crippen LogP contribution >= 0.6 is 11.6 Å². The third kappa shape index (κ3) is 5.75. The summed E-state index contributed by atoms with van der Waals surface area (Å²) in [4.78, 5) is 11.5. The molecule has 0 bridgehead atoms. The van der Waals surface area contributed by atoms with Gasteiger partial charge in [0.15, 0.2) is 0 Å². The van der Waals surface area contributed by atoms with E-state index in [9.17, 15) is 9.18 Å². The fourth-order valence-corrected chi connectivity index (χ4v) is 1.48. The van der Waals surface area contributed by atoms with E-state index in [1.165, 1.54) is 0 Å². The standard InChI is InChI=1S/C14H17ClFNO2/c1-14(2,3)19-13(18)17-9-11(8-16)10-4-6-12(15)7-5-10/h4-8H,9H2,1-3H3,(H,17,18). The molecule has 19 heavy (non-hydrogen) atoms. The molecule has 0 spiro atoms. The highest BCUT2D eigenvalue weighted by atomic mass is 35.5. The second-order valence-electron chi connectivity index (χ2n) is 5.00. The molecule has 0 atom stereocenters. The van der Waals surface area contributed by atoms with Crippen molar-refractivity contribution in [2.45, 2.75) is 26.4 Å². The molecule has 0 aliphatic rings. The lowest BCUT2D eigenvalue weighted by Crippen LogP contribution is -2.33. The summed E-state index contributed by atoms with van der Waals surface area (Å²) in [5, 5.41) is 3.07. The van der Waals surface area contributed by atoms with E-state index >= 15 is 0 Å². The number of rotatable bonds is 3. The average Bonchev–Trinajstić information content (AvgIpc) is 2.29. The van der Waals surface area contributed by atoms with Crippen LogP contribution in [-0.2, 0) is 4.74 Å². The first-order chi connectivity index (χ1) is 8.81. The SMILES string of the molecule is CC(C)(C)OC(=O)NCC(=CF)c1ccc(Cl)cc1. The Balaban J connectivity index is 2.60. The Bertz CT molecular complexity index is 463. The predicted octanol–water partition coefficient (Wildman–Crippen LogP) is 4.18. The van der Waals surface area contributed by atoms with Gasteiger partial charge in [0.05, 0.1) is 6.33 Å². The van der Waals surface area contributed by atoms with Gasteiger partial charge in [-0.25, -0.2) is 9.18 Å². The lowest BCUT2D eigenvalue weighted by atomic mass is 10.1. The first-order valence-electron chi connectivity index (χ1n) is 5.84. The zero-order valence-electron chi connectivity index (χ0n) is 11.2. The molecular formula is C14H17ClFNO2. The predicted molar refractivity (Wildman–Crippen MR) is 74.8 cm³/mol. The third-order valence-electron chi connectivity index (χ3n) is 2.17. The molecule has 5 heteroatoms. The lowest BCUT2D eigenvalue weighted by Gasteiger charge is -2.20. The summed E-state index contributed by atoms with van der Waals surface area (Å²) in [5.41, 5.74) is 0.426. The zero-order valence-corrected chi connectivity index (χ0v) is 11.9. The lowest BCUT2D eigenvalue weighted by molar-refractivity contribution is 0.0535. The van der Waals surface area contributed by atoms with Gasteiger partial charge in [-0.15, -0.1) is 0 Å². The van der Waals surface area contributed by atoms with E-state index in [1.807, 2.05) is 0 Å². The van der Waals surface area contributed by atoms with E-state index in [-0.39, 0.29) is 6.54 Å². The molecule has 0 saturated heterocycles. The molecule has 104 valence electrons. The van der Waals surface area contributed by atoms with Crippen molar-refractivity contribution in [1.29, 1.82) is 0 Å².